The van der Waals surface area contributed by atoms with Gasteiger partial charge in [0.2, 0.25) is 0 Å². The number of halogens is 1. The van der Waals surface area contributed by atoms with E-state index in [1.54, 1.807) is 13.0 Å². The first-order valence-electron chi connectivity index (χ1n) is 5.26. The molecule has 0 radical (unpaired) electrons. The summed E-state index contributed by atoms with van der Waals surface area (Å²) in [6.45, 7) is 2.01. The molecule has 0 spiro atoms. The van der Waals surface area contributed by atoms with Crippen molar-refractivity contribution in [1.29, 1.82) is 0 Å². The van der Waals surface area contributed by atoms with Gasteiger partial charge in [0.25, 0.3) is 5.91 Å². The number of carbonyl (C=O) groups is 2. The van der Waals surface area contributed by atoms with E-state index in [4.69, 9.17) is 4.42 Å². The van der Waals surface area contributed by atoms with Gasteiger partial charge in [0, 0.05) is 6.54 Å². The van der Waals surface area contributed by atoms with Crippen LogP contribution in [0.1, 0.15) is 30.3 Å². The first-order chi connectivity index (χ1) is 7.95. The highest BCUT2D eigenvalue weighted by Crippen LogP contribution is 2.31. The van der Waals surface area contributed by atoms with Crippen LogP contribution in [-0.4, -0.2) is 34.0 Å². The minimum Gasteiger partial charge on any atom is -0.480 e. The molecule has 0 aliphatic carbocycles. The van der Waals surface area contributed by atoms with Gasteiger partial charge in [-0.05, 0) is 47.8 Å². The van der Waals surface area contributed by atoms with Gasteiger partial charge in [0.15, 0.2) is 10.4 Å². The van der Waals surface area contributed by atoms with Gasteiger partial charge >= 0.3 is 5.97 Å². The molecule has 1 atom stereocenters. The number of rotatable bonds is 2. The molecule has 1 aromatic heterocycles. The minimum absolute atomic E-state index is 0.159. The summed E-state index contributed by atoms with van der Waals surface area (Å²) >= 11 is 3.11. The van der Waals surface area contributed by atoms with Gasteiger partial charge in [-0.2, -0.15) is 0 Å². The van der Waals surface area contributed by atoms with Crippen molar-refractivity contribution in [1.82, 2.24) is 4.90 Å². The number of carboxylic acid groups (broad SMARTS) is 1. The quantitative estimate of drug-likeness (QED) is 0.908. The van der Waals surface area contributed by atoms with Gasteiger partial charge in [-0.3, -0.25) is 4.79 Å². The predicted molar refractivity (Wildman–Crippen MR) is 62.7 cm³/mol. The Morgan fingerprint density at radius 3 is 2.76 bits per heavy atom. The van der Waals surface area contributed by atoms with Crippen LogP contribution >= 0.6 is 15.9 Å². The van der Waals surface area contributed by atoms with Crippen LogP contribution < -0.4 is 0 Å². The van der Waals surface area contributed by atoms with Crippen LogP contribution in [0.4, 0.5) is 0 Å². The van der Waals surface area contributed by atoms with Gasteiger partial charge in [0.1, 0.15) is 5.54 Å². The Kier molecular flexibility index (Phi) is 2.99. The molecule has 6 heteroatoms. The fraction of sp³-hybridized carbons (Fsp3) is 0.455. The molecule has 1 fully saturated rings. The maximum atomic E-state index is 12.1. The van der Waals surface area contributed by atoms with Crippen molar-refractivity contribution in [2.75, 3.05) is 6.54 Å². The Morgan fingerprint density at radius 2 is 2.24 bits per heavy atom. The Hall–Kier alpha value is -1.30. The molecule has 5 nitrogen and oxygen atoms in total. The summed E-state index contributed by atoms with van der Waals surface area (Å²) in [5, 5.41) is 9.21. The maximum absolute atomic E-state index is 12.1. The van der Waals surface area contributed by atoms with E-state index in [2.05, 4.69) is 15.9 Å². The average Bonchev–Trinajstić information content (AvgIpc) is 2.85. The highest BCUT2D eigenvalue weighted by atomic mass is 79.9. The number of hydrogen-bond donors (Lipinski definition) is 1. The smallest absolute Gasteiger partial charge is 0.329 e. The Balaban J connectivity index is 2.28. The number of carboxylic acids is 1. The van der Waals surface area contributed by atoms with E-state index in [0.29, 0.717) is 24.1 Å². The molecule has 17 heavy (non-hydrogen) atoms. The van der Waals surface area contributed by atoms with Gasteiger partial charge in [-0.1, -0.05) is 0 Å². The largest absolute Gasteiger partial charge is 0.480 e. The summed E-state index contributed by atoms with van der Waals surface area (Å²) in [7, 11) is 0. The highest BCUT2D eigenvalue weighted by Gasteiger charge is 2.46. The lowest BCUT2D eigenvalue weighted by Gasteiger charge is -2.30. The van der Waals surface area contributed by atoms with Gasteiger partial charge in [-0.15, -0.1) is 0 Å². The molecule has 1 aliphatic rings. The van der Waals surface area contributed by atoms with Gasteiger partial charge < -0.3 is 14.4 Å². The summed E-state index contributed by atoms with van der Waals surface area (Å²) in [6, 6.07) is 3.15. The summed E-state index contributed by atoms with van der Waals surface area (Å²) < 4.78 is 5.62. The zero-order valence-corrected chi connectivity index (χ0v) is 10.9. The van der Waals surface area contributed by atoms with E-state index in [1.165, 1.54) is 11.0 Å². The molecular weight excluding hydrogens is 290 g/mol. The van der Waals surface area contributed by atoms with Crippen LogP contribution in [0.15, 0.2) is 21.2 Å². The number of nitrogens with zero attached hydrogens (tertiary/aromatic N) is 1. The third kappa shape index (κ3) is 1.97. The van der Waals surface area contributed by atoms with Crippen LogP contribution in [0, 0.1) is 0 Å². The van der Waals surface area contributed by atoms with Crippen LogP contribution in [-0.2, 0) is 4.79 Å². The first kappa shape index (κ1) is 12.2. The molecule has 92 valence electrons. The fourth-order valence-electron chi connectivity index (χ4n) is 2.07. The predicted octanol–water partition coefficient (Wildman–Crippen LogP) is 2.12. The van der Waals surface area contributed by atoms with E-state index < -0.39 is 11.5 Å². The Morgan fingerprint density at radius 1 is 1.53 bits per heavy atom. The Bertz CT molecular complexity index is 470. The fourth-order valence-corrected chi connectivity index (χ4v) is 2.38. The summed E-state index contributed by atoms with van der Waals surface area (Å²) in [5.41, 5.74) is -1.13. The molecule has 1 saturated heterocycles. The monoisotopic (exact) mass is 301 g/mol. The van der Waals surface area contributed by atoms with E-state index in [9.17, 15) is 14.7 Å². The van der Waals surface area contributed by atoms with Crippen molar-refractivity contribution in [2.45, 2.75) is 25.3 Å². The molecule has 2 heterocycles. The zero-order chi connectivity index (χ0) is 12.6. The third-order valence-electron chi connectivity index (χ3n) is 3.13. The summed E-state index contributed by atoms with van der Waals surface area (Å²) in [4.78, 5) is 24.7. The number of aliphatic carboxylic acids is 1. The first-order valence-corrected chi connectivity index (χ1v) is 6.05. The molecular formula is C11H12BrNO4. The minimum atomic E-state index is -1.13. The normalized spacial score (nSPS) is 24.0. The van der Waals surface area contributed by atoms with Crippen LogP contribution in [0.5, 0.6) is 0 Å². The number of carbonyl (C=O) groups excluding carboxylic acids is 1. The lowest BCUT2D eigenvalue weighted by Crippen LogP contribution is -2.50. The molecule has 1 amide bonds. The number of hydrogen-bond acceptors (Lipinski definition) is 3. The lowest BCUT2D eigenvalue weighted by atomic mass is 9.99. The molecule has 0 bridgehead atoms. The summed E-state index contributed by atoms with van der Waals surface area (Å²) in [6.07, 6.45) is 1.16. The molecule has 0 aromatic carbocycles. The van der Waals surface area contributed by atoms with Crippen molar-refractivity contribution in [3.63, 3.8) is 0 Å². The van der Waals surface area contributed by atoms with Gasteiger partial charge in [-0.25, -0.2) is 4.79 Å². The molecule has 1 N–H and O–H groups in total. The lowest BCUT2D eigenvalue weighted by molar-refractivity contribution is -0.147. The van der Waals surface area contributed by atoms with Gasteiger partial charge in [0.05, 0.1) is 0 Å². The maximum Gasteiger partial charge on any atom is 0.329 e. The van der Waals surface area contributed by atoms with E-state index in [0.717, 1.165) is 0 Å². The third-order valence-corrected chi connectivity index (χ3v) is 3.56. The molecule has 1 unspecified atom stereocenters. The summed E-state index contributed by atoms with van der Waals surface area (Å²) in [5.74, 6) is -1.20. The second-order valence-electron chi connectivity index (χ2n) is 4.24. The van der Waals surface area contributed by atoms with Crippen molar-refractivity contribution in [3.05, 3.63) is 22.6 Å². The van der Waals surface area contributed by atoms with Crippen LogP contribution in [0.3, 0.4) is 0 Å². The topological polar surface area (TPSA) is 70.8 Å². The number of amides is 1. The zero-order valence-electron chi connectivity index (χ0n) is 9.27. The van der Waals surface area contributed by atoms with Crippen molar-refractivity contribution in [2.24, 2.45) is 0 Å². The highest BCUT2D eigenvalue weighted by molar-refractivity contribution is 9.10. The second kappa shape index (κ2) is 4.18. The standard InChI is InChI=1S/C11H12BrNO4/c1-11(10(15)16)5-2-6-13(11)9(14)7-3-4-8(12)17-7/h3-4H,2,5-6H2,1H3,(H,15,16). The molecule has 0 saturated carbocycles. The molecule has 1 aliphatic heterocycles. The van der Waals surface area contributed by atoms with E-state index in [1.807, 2.05) is 0 Å². The molecule has 2 rings (SSSR count). The van der Waals surface area contributed by atoms with Crippen LogP contribution in [0.2, 0.25) is 0 Å². The van der Waals surface area contributed by atoms with E-state index in [-0.39, 0.29) is 11.7 Å². The van der Waals surface area contributed by atoms with Crippen LogP contribution in [0.25, 0.3) is 0 Å². The number of furan rings is 1. The van der Waals surface area contributed by atoms with Crippen molar-refractivity contribution in [3.8, 4) is 0 Å². The number of likely N-dealkylation sites (tertiary alicyclic amines) is 1. The van der Waals surface area contributed by atoms with Crippen molar-refractivity contribution < 1.29 is 19.1 Å². The Labute approximate surface area is 107 Å². The van der Waals surface area contributed by atoms with Crippen molar-refractivity contribution >= 4 is 27.8 Å². The second-order valence-corrected chi connectivity index (χ2v) is 5.02. The SMILES string of the molecule is CC1(C(=O)O)CCCN1C(=O)c1ccc(Br)o1. The average molecular weight is 302 g/mol. The molecule has 1 aromatic rings. The van der Waals surface area contributed by atoms with E-state index >= 15 is 0 Å².